The highest BCUT2D eigenvalue weighted by Crippen LogP contribution is 2.22. The molecule has 0 unspecified atom stereocenters. The van der Waals surface area contributed by atoms with Gasteiger partial charge in [-0.2, -0.15) is 0 Å². The maximum absolute atomic E-state index is 13.4. The van der Waals surface area contributed by atoms with Gasteiger partial charge < -0.3 is 10.2 Å². The van der Waals surface area contributed by atoms with E-state index in [2.05, 4.69) is 5.32 Å². The van der Waals surface area contributed by atoms with Crippen molar-refractivity contribution in [2.75, 3.05) is 23.7 Å². The molecule has 0 fully saturated rings. The number of anilines is 1. The molecule has 1 atom stereocenters. The lowest BCUT2D eigenvalue weighted by atomic mass is 10.1. The number of amides is 2. The normalized spacial score (nSPS) is 12.2. The third kappa shape index (κ3) is 7.24. The Kier molecular flexibility index (Phi) is 9.09. The molecule has 0 aliphatic heterocycles. The molecule has 0 aliphatic rings. The summed E-state index contributed by atoms with van der Waals surface area (Å²) >= 11 is 6.03. The minimum Gasteiger partial charge on any atom is -0.354 e. The maximum atomic E-state index is 13.4. The van der Waals surface area contributed by atoms with E-state index in [-0.39, 0.29) is 18.1 Å². The van der Waals surface area contributed by atoms with Crippen LogP contribution in [-0.2, 0) is 26.2 Å². The van der Waals surface area contributed by atoms with Crippen LogP contribution in [0.2, 0.25) is 5.02 Å². The van der Waals surface area contributed by atoms with E-state index in [1.165, 1.54) is 11.0 Å². The molecule has 32 heavy (non-hydrogen) atoms. The molecule has 174 valence electrons. The fourth-order valence-corrected chi connectivity index (χ4v) is 4.14. The summed E-state index contributed by atoms with van der Waals surface area (Å²) in [5.74, 6) is -0.781. The lowest BCUT2D eigenvalue weighted by Gasteiger charge is -2.31. The average Bonchev–Trinajstić information content (AvgIpc) is 2.73. The van der Waals surface area contributed by atoms with E-state index in [0.29, 0.717) is 11.6 Å². The highest BCUT2D eigenvalue weighted by molar-refractivity contribution is 7.92. The average molecular weight is 480 g/mol. The smallest absolute Gasteiger partial charge is 0.244 e. The minimum atomic E-state index is -3.78. The van der Waals surface area contributed by atoms with Crippen LogP contribution in [0, 0.1) is 6.92 Å². The molecule has 7 nitrogen and oxygen atoms in total. The van der Waals surface area contributed by atoms with Gasteiger partial charge in [0.25, 0.3) is 0 Å². The zero-order valence-corrected chi connectivity index (χ0v) is 20.4. The first-order valence-electron chi connectivity index (χ1n) is 10.4. The Balaban J connectivity index is 2.35. The molecular formula is C23H30ClN3O4S. The van der Waals surface area contributed by atoms with Gasteiger partial charge in [-0.05, 0) is 44.0 Å². The standard InChI is InChI=1S/C23H30ClN3O4S/c1-5-13-25-23(29)18(3)26(15-19-11-9-17(2)10-12-19)22(28)16-27(32(4,30)31)21-8-6-7-20(24)14-21/h6-12,14,18H,5,13,15-16H2,1-4H3,(H,25,29)/t18-/m1/s1. The quantitative estimate of drug-likeness (QED) is 0.566. The SMILES string of the molecule is CCCNC(=O)[C@@H](C)N(Cc1ccc(C)cc1)C(=O)CN(c1cccc(Cl)c1)S(C)(=O)=O. The molecule has 0 heterocycles. The van der Waals surface area contributed by atoms with Crippen LogP contribution in [0.4, 0.5) is 5.69 Å². The second-order valence-electron chi connectivity index (χ2n) is 7.72. The molecule has 2 amide bonds. The largest absolute Gasteiger partial charge is 0.354 e. The van der Waals surface area contributed by atoms with E-state index in [1.54, 1.807) is 25.1 Å². The lowest BCUT2D eigenvalue weighted by molar-refractivity contribution is -0.139. The van der Waals surface area contributed by atoms with Crippen molar-refractivity contribution in [3.8, 4) is 0 Å². The zero-order valence-electron chi connectivity index (χ0n) is 18.8. The highest BCUT2D eigenvalue weighted by atomic mass is 35.5. The Morgan fingerprint density at radius 3 is 2.34 bits per heavy atom. The minimum absolute atomic E-state index is 0.174. The Hall–Kier alpha value is -2.58. The van der Waals surface area contributed by atoms with Crippen molar-refractivity contribution in [3.05, 3.63) is 64.7 Å². The molecule has 0 saturated carbocycles. The van der Waals surface area contributed by atoms with Crippen molar-refractivity contribution >= 4 is 39.1 Å². The Bertz CT molecular complexity index is 1040. The van der Waals surface area contributed by atoms with Crippen LogP contribution in [0.1, 0.15) is 31.4 Å². The van der Waals surface area contributed by atoms with Crippen LogP contribution in [0.5, 0.6) is 0 Å². The van der Waals surface area contributed by atoms with Crippen molar-refractivity contribution in [2.45, 2.75) is 39.8 Å². The molecule has 1 N–H and O–H groups in total. The molecule has 2 aromatic rings. The van der Waals surface area contributed by atoms with Gasteiger partial charge in [0.05, 0.1) is 11.9 Å². The van der Waals surface area contributed by atoms with Crippen LogP contribution < -0.4 is 9.62 Å². The fourth-order valence-electron chi connectivity index (χ4n) is 3.11. The van der Waals surface area contributed by atoms with Gasteiger partial charge in [-0.15, -0.1) is 0 Å². The van der Waals surface area contributed by atoms with Gasteiger partial charge in [-0.25, -0.2) is 8.42 Å². The second-order valence-corrected chi connectivity index (χ2v) is 10.1. The number of hydrogen-bond acceptors (Lipinski definition) is 4. The lowest BCUT2D eigenvalue weighted by Crippen LogP contribution is -2.51. The van der Waals surface area contributed by atoms with Crippen molar-refractivity contribution in [1.29, 1.82) is 0 Å². The van der Waals surface area contributed by atoms with Crippen LogP contribution in [-0.4, -0.2) is 50.5 Å². The summed E-state index contributed by atoms with van der Waals surface area (Å²) in [7, 11) is -3.78. The number of benzene rings is 2. The van der Waals surface area contributed by atoms with Crippen LogP contribution in [0.25, 0.3) is 0 Å². The number of carbonyl (C=O) groups excluding carboxylic acids is 2. The van der Waals surface area contributed by atoms with Gasteiger partial charge in [0.2, 0.25) is 21.8 Å². The number of nitrogens with one attached hydrogen (secondary N) is 1. The molecule has 2 rings (SSSR count). The van der Waals surface area contributed by atoms with Crippen LogP contribution in [0.15, 0.2) is 48.5 Å². The predicted octanol–water partition coefficient (Wildman–Crippen LogP) is 3.36. The number of carbonyl (C=O) groups is 2. The second kappa shape index (κ2) is 11.3. The summed E-state index contributed by atoms with van der Waals surface area (Å²) in [5, 5.41) is 3.16. The van der Waals surface area contributed by atoms with Crippen molar-refractivity contribution in [1.82, 2.24) is 10.2 Å². The number of halogens is 1. The maximum Gasteiger partial charge on any atom is 0.244 e. The number of aryl methyl sites for hydroxylation is 1. The Morgan fingerprint density at radius 2 is 1.78 bits per heavy atom. The highest BCUT2D eigenvalue weighted by Gasteiger charge is 2.30. The topological polar surface area (TPSA) is 86.8 Å². The van der Waals surface area contributed by atoms with Gasteiger partial charge in [0, 0.05) is 18.1 Å². The molecule has 0 saturated heterocycles. The third-order valence-corrected chi connectivity index (χ3v) is 6.34. The first-order valence-corrected chi connectivity index (χ1v) is 12.6. The summed E-state index contributed by atoms with van der Waals surface area (Å²) in [6.45, 7) is 5.76. The summed E-state index contributed by atoms with van der Waals surface area (Å²) in [6.07, 6.45) is 1.80. The van der Waals surface area contributed by atoms with Gasteiger partial charge in [-0.3, -0.25) is 13.9 Å². The van der Waals surface area contributed by atoms with Crippen molar-refractivity contribution in [2.24, 2.45) is 0 Å². The monoisotopic (exact) mass is 479 g/mol. The van der Waals surface area contributed by atoms with E-state index >= 15 is 0 Å². The first kappa shape index (κ1) is 25.7. The van der Waals surface area contributed by atoms with E-state index in [0.717, 1.165) is 28.1 Å². The number of rotatable bonds is 10. The van der Waals surface area contributed by atoms with E-state index in [4.69, 9.17) is 11.6 Å². The van der Waals surface area contributed by atoms with E-state index in [9.17, 15) is 18.0 Å². The molecule has 0 bridgehead atoms. The molecule has 2 aromatic carbocycles. The molecule has 0 spiro atoms. The number of sulfonamides is 1. The fraction of sp³-hybridized carbons (Fsp3) is 0.391. The van der Waals surface area contributed by atoms with Gasteiger partial charge in [0.1, 0.15) is 12.6 Å². The first-order chi connectivity index (χ1) is 15.0. The van der Waals surface area contributed by atoms with Crippen LogP contribution in [0.3, 0.4) is 0 Å². The molecule has 9 heteroatoms. The number of hydrogen-bond donors (Lipinski definition) is 1. The summed E-state index contributed by atoms with van der Waals surface area (Å²) < 4.78 is 25.9. The molecule has 0 aromatic heterocycles. The van der Waals surface area contributed by atoms with Crippen molar-refractivity contribution in [3.63, 3.8) is 0 Å². The van der Waals surface area contributed by atoms with Gasteiger partial charge >= 0.3 is 0 Å². The molecular weight excluding hydrogens is 450 g/mol. The number of nitrogens with zero attached hydrogens (tertiary/aromatic N) is 2. The van der Waals surface area contributed by atoms with E-state index in [1.807, 2.05) is 38.1 Å². The Morgan fingerprint density at radius 1 is 1.12 bits per heavy atom. The Labute approximate surface area is 195 Å². The van der Waals surface area contributed by atoms with Crippen molar-refractivity contribution < 1.29 is 18.0 Å². The predicted molar refractivity (Wildman–Crippen MR) is 128 cm³/mol. The molecule has 0 aliphatic carbocycles. The molecule has 0 radical (unpaired) electrons. The van der Waals surface area contributed by atoms with E-state index < -0.39 is 28.5 Å². The third-order valence-electron chi connectivity index (χ3n) is 4.97. The summed E-state index contributed by atoms with van der Waals surface area (Å²) in [5.41, 5.74) is 2.20. The van der Waals surface area contributed by atoms with Gasteiger partial charge in [-0.1, -0.05) is 54.4 Å². The van der Waals surface area contributed by atoms with Crippen LogP contribution >= 0.6 is 11.6 Å². The zero-order chi connectivity index (χ0) is 23.9. The van der Waals surface area contributed by atoms with Gasteiger partial charge in [0.15, 0.2) is 0 Å². The summed E-state index contributed by atoms with van der Waals surface area (Å²) in [6, 6.07) is 13.1. The summed E-state index contributed by atoms with van der Waals surface area (Å²) in [4.78, 5) is 27.4.